The third kappa shape index (κ3) is 5.13. The van der Waals surface area contributed by atoms with Crippen LogP contribution in [0.4, 0.5) is 0 Å². The molecule has 6 nitrogen and oxygen atoms in total. The van der Waals surface area contributed by atoms with E-state index in [2.05, 4.69) is 10.6 Å². The van der Waals surface area contributed by atoms with Gasteiger partial charge in [0.25, 0.3) is 0 Å². The lowest BCUT2D eigenvalue weighted by Gasteiger charge is -2.44. The van der Waals surface area contributed by atoms with Crippen molar-refractivity contribution in [3.8, 4) is 0 Å². The highest BCUT2D eigenvalue weighted by Gasteiger charge is 2.43. The summed E-state index contributed by atoms with van der Waals surface area (Å²) < 4.78 is 28.2. The summed E-state index contributed by atoms with van der Waals surface area (Å²) in [6.45, 7) is 6.88. The number of nitrogens with one attached hydrogen (secondary N) is 2. The van der Waals surface area contributed by atoms with Crippen molar-refractivity contribution in [1.82, 2.24) is 14.9 Å². The van der Waals surface area contributed by atoms with Gasteiger partial charge in [-0.15, -0.1) is 12.4 Å². The second kappa shape index (κ2) is 10.1. The number of piperidine rings is 1. The summed E-state index contributed by atoms with van der Waals surface area (Å²) in [7, 11) is -3.51. The minimum atomic E-state index is -3.51. The minimum Gasteiger partial charge on any atom is -0.368 e. The number of benzene rings is 2. The molecule has 2 N–H and O–H groups in total. The van der Waals surface area contributed by atoms with E-state index in [1.165, 1.54) is 0 Å². The predicted octanol–water partition coefficient (Wildman–Crippen LogP) is 3.69. The minimum absolute atomic E-state index is 0. The van der Waals surface area contributed by atoms with Gasteiger partial charge < -0.3 is 10.6 Å². The van der Waals surface area contributed by atoms with E-state index in [1.54, 1.807) is 10.4 Å². The van der Waals surface area contributed by atoms with Gasteiger partial charge in [0.15, 0.2) is 0 Å². The number of sulfonamides is 1. The van der Waals surface area contributed by atoms with Crippen LogP contribution in [0.15, 0.2) is 52.4 Å². The molecule has 0 aromatic heterocycles. The molecule has 2 heterocycles. The van der Waals surface area contributed by atoms with Gasteiger partial charge in [0.1, 0.15) is 5.84 Å². The maximum Gasteiger partial charge on any atom is 0.243 e. The Morgan fingerprint density at radius 3 is 2.50 bits per heavy atom. The van der Waals surface area contributed by atoms with Crippen molar-refractivity contribution >= 4 is 39.9 Å². The molecular formula is C23H30Cl2N4O2S. The maximum atomic E-state index is 13.3. The largest absolute Gasteiger partial charge is 0.368 e. The molecule has 9 heteroatoms. The molecule has 0 saturated carbocycles. The van der Waals surface area contributed by atoms with Gasteiger partial charge in [-0.1, -0.05) is 35.9 Å². The van der Waals surface area contributed by atoms with Crippen LogP contribution in [0.3, 0.4) is 0 Å². The van der Waals surface area contributed by atoms with Gasteiger partial charge in [-0.25, -0.2) is 8.42 Å². The third-order valence-electron chi connectivity index (χ3n) is 6.21. The molecule has 2 aliphatic heterocycles. The van der Waals surface area contributed by atoms with Gasteiger partial charge in [-0.3, -0.25) is 4.99 Å². The second-order valence-electron chi connectivity index (χ2n) is 8.39. The normalized spacial score (nSPS) is 18.7. The van der Waals surface area contributed by atoms with Crippen molar-refractivity contribution < 1.29 is 8.42 Å². The van der Waals surface area contributed by atoms with E-state index in [0.29, 0.717) is 42.4 Å². The molecule has 0 atom stereocenters. The fraction of sp³-hybridized carbons (Fsp3) is 0.435. The summed E-state index contributed by atoms with van der Waals surface area (Å²) in [5.41, 5.74) is 2.56. The van der Waals surface area contributed by atoms with Crippen LogP contribution < -0.4 is 10.6 Å². The molecule has 174 valence electrons. The zero-order valence-electron chi connectivity index (χ0n) is 18.4. The van der Waals surface area contributed by atoms with Gasteiger partial charge >= 0.3 is 0 Å². The average molecular weight is 497 g/mol. The third-order valence-corrected chi connectivity index (χ3v) is 8.50. The van der Waals surface area contributed by atoms with Crippen molar-refractivity contribution in [1.29, 1.82) is 0 Å². The fourth-order valence-corrected chi connectivity index (χ4v) is 6.23. The molecule has 1 spiro atoms. The highest BCUT2D eigenvalue weighted by molar-refractivity contribution is 7.89. The van der Waals surface area contributed by atoms with Crippen molar-refractivity contribution in [2.45, 2.75) is 43.7 Å². The first-order valence-corrected chi connectivity index (χ1v) is 12.5. The Balaban J connectivity index is 0.00000289. The Morgan fingerprint density at radius 2 is 1.81 bits per heavy atom. The molecular weight excluding hydrogens is 467 g/mol. The van der Waals surface area contributed by atoms with Crippen molar-refractivity contribution in [2.24, 2.45) is 4.99 Å². The van der Waals surface area contributed by atoms with Gasteiger partial charge in [0.05, 0.1) is 17.0 Å². The van der Waals surface area contributed by atoms with Crippen LogP contribution in [0.25, 0.3) is 0 Å². The highest BCUT2D eigenvalue weighted by Crippen LogP contribution is 2.30. The number of amidine groups is 1. The molecule has 4 rings (SSSR count). The smallest absolute Gasteiger partial charge is 0.243 e. The van der Waals surface area contributed by atoms with Gasteiger partial charge in [-0.05, 0) is 61.6 Å². The Kier molecular flexibility index (Phi) is 7.89. The van der Waals surface area contributed by atoms with Crippen LogP contribution in [0.5, 0.6) is 0 Å². The van der Waals surface area contributed by atoms with Gasteiger partial charge in [0, 0.05) is 31.2 Å². The molecule has 0 radical (unpaired) electrons. The molecule has 0 aliphatic carbocycles. The van der Waals surface area contributed by atoms with Crippen LogP contribution in [0.2, 0.25) is 5.02 Å². The Hall–Kier alpha value is -1.64. The molecule has 1 fully saturated rings. The fourth-order valence-electron chi connectivity index (χ4n) is 4.36. The number of halogens is 2. The molecule has 2 aromatic rings. The van der Waals surface area contributed by atoms with Crippen molar-refractivity contribution in [3.63, 3.8) is 0 Å². The molecule has 1 saturated heterocycles. The summed E-state index contributed by atoms with van der Waals surface area (Å²) in [6, 6.07) is 13.4. The zero-order chi connectivity index (χ0) is 22.1. The van der Waals surface area contributed by atoms with E-state index in [9.17, 15) is 8.42 Å². The number of rotatable bonds is 4. The highest BCUT2D eigenvalue weighted by atomic mass is 35.5. The topological polar surface area (TPSA) is 73.8 Å². The van der Waals surface area contributed by atoms with Crippen molar-refractivity contribution in [3.05, 3.63) is 64.2 Å². The summed E-state index contributed by atoms with van der Waals surface area (Å²) in [5.74, 6) is 0.928. The van der Waals surface area contributed by atoms with Crippen LogP contribution in [-0.2, 0) is 16.6 Å². The first-order chi connectivity index (χ1) is 14.8. The van der Waals surface area contributed by atoms with E-state index in [1.807, 2.05) is 50.2 Å². The molecule has 0 unspecified atom stereocenters. The maximum absolute atomic E-state index is 13.3. The quantitative estimate of drug-likeness (QED) is 0.676. The van der Waals surface area contributed by atoms with Gasteiger partial charge in [0.2, 0.25) is 10.0 Å². The average Bonchev–Trinajstić information content (AvgIpc) is 2.76. The van der Waals surface area contributed by atoms with E-state index < -0.39 is 10.0 Å². The summed E-state index contributed by atoms with van der Waals surface area (Å²) in [6.07, 6.45) is 1.37. The standard InChI is InChI=1S/C23H29ClN4O2S.ClH/c1-17-3-4-18(2)21(15-17)31(29,30)28-13-9-23(10-14-28)22(25-11-12-27-23)26-16-19-5-7-20(24)8-6-19;/h3-8,15,27H,9-14,16H2,1-2H3,(H,25,26);1H. The number of aryl methyl sites for hydroxylation is 2. The van der Waals surface area contributed by atoms with E-state index >= 15 is 0 Å². The monoisotopic (exact) mass is 496 g/mol. The number of nitrogens with zero attached hydrogens (tertiary/aromatic N) is 2. The van der Waals surface area contributed by atoms with E-state index in [4.69, 9.17) is 16.6 Å². The Morgan fingerprint density at radius 1 is 1.12 bits per heavy atom. The van der Waals surface area contributed by atoms with Crippen LogP contribution in [0.1, 0.15) is 29.5 Å². The van der Waals surface area contributed by atoms with Crippen LogP contribution in [0, 0.1) is 13.8 Å². The lowest BCUT2D eigenvalue weighted by molar-refractivity contribution is 0.241. The Labute approximate surface area is 201 Å². The summed E-state index contributed by atoms with van der Waals surface area (Å²) >= 11 is 5.98. The predicted molar refractivity (Wildman–Crippen MR) is 132 cm³/mol. The first kappa shape index (κ1) is 25.0. The molecule has 2 aromatic carbocycles. The molecule has 32 heavy (non-hydrogen) atoms. The Bertz CT molecular complexity index is 1080. The molecule has 2 aliphatic rings. The molecule has 0 bridgehead atoms. The lowest BCUT2D eigenvalue weighted by atomic mass is 9.85. The van der Waals surface area contributed by atoms with Gasteiger partial charge in [-0.2, -0.15) is 4.31 Å². The van der Waals surface area contributed by atoms with E-state index in [-0.39, 0.29) is 17.9 Å². The second-order valence-corrected chi connectivity index (χ2v) is 10.7. The lowest BCUT2D eigenvalue weighted by Crippen LogP contribution is -2.64. The van der Waals surface area contributed by atoms with E-state index in [0.717, 1.165) is 35.6 Å². The number of aliphatic imine (C=N–C) groups is 1. The SMILES string of the molecule is Cc1ccc(C)c(S(=O)(=O)N2CCC3(CC2)NCCN=C3NCc2ccc(Cl)cc2)c1.Cl. The van der Waals surface area contributed by atoms with Crippen LogP contribution in [-0.4, -0.2) is 50.3 Å². The van der Waals surface area contributed by atoms with Crippen molar-refractivity contribution in [2.75, 3.05) is 26.2 Å². The summed E-state index contributed by atoms with van der Waals surface area (Å²) in [5, 5.41) is 7.84. The summed E-state index contributed by atoms with van der Waals surface area (Å²) in [4.78, 5) is 5.17. The van der Waals surface area contributed by atoms with Crippen LogP contribution >= 0.6 is 24.0 Å². The number of hydrogen-bond donors (Lipinski definition) is 2. The first-order valence-electron chi connectivity index (χ1n) is 10.7. The zero-order valence-corrected chi connectivity index (χ0v) is 20.8. The molecule has 0 amide bonds. The number of hydrogen-bond acceptors (Lipinski definition) is 5.